The van der Waals surface area contributed by atoms with E-state index in [-0.39, 0.29) is 11.4 Å². The fourth-order valence-corrected chi connectivity index (χ4v) is 4.44. The number of carbonyl (C=O) groups excluding carboxylic acids is 3. The molecular formula is C24H21N3O5S. The van der Waals surface area contributed by atoms with Gasteiger partial charge in [0, 0.05) is 28.4 Å². The molecule has 1 fully saturated rings. The molecule has 168 valence electrons. The summed E-state index contributed by atoms with van der Waals surface area (Å²) in [6.45, 7) is 3.27. The van der Waals surface area contributed by atoms with E-state index in [9.17, 15) is 19.2 Å². The van der Waals surface area contributed by atoms with E-state index < -0.39 is 29.6 Å². The van der Waals surface area contributed by atoms with Crippen molar-refractivity contribution in [1.82, 2.24) is 9.47 Å². The fraction of sp³-hybridized carbons (Fsp3) is 0.167. The molecule has 2 heterocycles. The van der Waals surface area contributed by atoms with Crippen LogP contribution in [0.4, 0.5) is 10.5 Å². The minimum absolute atomic E-state index is 0.178. The Kier molecular flexibility index (Phi) is 6.06. The van der Waals surface area contributed by atoms with Gasteiger partial charge in [-0.15, -0.1) is 0 Å². The summed E-state index contributed by atoms with van der Waals surface area (Å²) >= 11 is 0.754. The summed E-state index contributed by atoms with van der Waals surface area (Å²) in [5.41, 5.74) is 4.03. The van der Waals surface area contributed by atoms with Crippen LogP contribution in [0.2, 0.25) is 0 Å². The standard InChI is InChI=1S/C24H21N3O5S/c1-14-7-8-17(9-15(14)2)25-21(28)12-27-23(31)20(33-24(27)32)10-16-11-26(13-22(29)30)19-6-4-3-5-18(16)19/h3-11H,12-13H2,1-2H3,(H,25,28)(H,29,30)/b20-10+. The number of carboxylic acids is 1. The molecule has 33 heavy (non-hydrogen) atoms. The van der Waals surface area contributed by atoms with E-state index in [1.54, 1.807) is 35.0 Å². The average molecular weight is 464 g/mol. The van der Waals surface area contributed by atoms with Crippen LogP contribution in [0.3, 0.4) is 0 Å². The Labute approximate surface area is 193 Å². The second kappa shape index (κ2) is 8.95. The van der Waals surface area contributed by atoms with Crippen LogP contribution in [0.15, 0.2) is 53.6 Å². The number of hydrogen-bond acceptors (Lipinski definition) is 5. The van der Waals surface area contributed by atoms with E-state index in [1.807, 2.05) is 38.1 Å². The normalized spacial score (nSPS) is 15.0. The highest BCUT2D eigenvalue weighted by Crippen LogP contribution is 2.34. The largest absolute Gasteiger partial charge is 0.480 e. The molecule has 2 aromatic carbocycles. The maximum absolute atomic E-state index is 12.9. The molecule has 9 heteroatoms. The molecule has 0 spiro atoms. The second-order valence-electron chi connectivity index (χ2n) is 7.74. The Bertz CT molecular complexity index is 1340. The Morgan fingerprint density at radius 3 is 2.55 bits per heavy atom. The molecule has 0 atom stereocenters. The number of fused-ring (bicyclic) bond motifs is 1. The van der Waals surface area contributed by atoms with Gasteiger partial charge in [-0.2, -0.15) is 0 Å². The molecule has 0 unspecified atom stereocenters. The minimum Gasteiger partial charge on any atom is -0.480 e. The number of aliphatic carboxylic acids is 1. The number of benzene rings is 2. The number of imide groups is 1. The topological polar surface area (TPSA) is 109 Å². The maximum Gasteiger partial charge on any atom is 0.323 e. The van der Waals surface area contributed by atoms with Crippen LogP contribution in [0.5, 0.6) is 0 Å². The lowest BCUT2D eigenvalue weighted by Gasteiger charge is -2.13. The van der Waals surface area contributed by atoms with Crippen molar-refractivity contribution in [2.45, 2.75) is 20.4 Å². The number of nitrogens with one attached hydrogen (secondary N) is 1. The Hall–Kier alpha value is -3.85. The molecule has 0 saturated carbocycles. The number of carbonyl (C=O) groups is 4. The second-order valence-corrected chi connectivity index (χ2v) is 8.73. The van der Waals surface area contributed by atoms with Crippen molar-refractivity contribution in [2.24, 2.45) is 0 Å². The summed E-state index contributed by atoms with van der Waals surface area (Å²) in [6, 6.07) is 12.7. The van der Waals surface area contributed by atoms with E-state index in [1.165, 1.54) is 0 Å². The number of para-hydroxylation sites is 1. The third kappa shape index (κ3) is 4.68. The third-order valence-corrected chi connectivity index (χ3v) is 6.28. The smallest absolute Gasteiger partial charge is 0.323 e. The maximum atomic E-state index is 12.9. The zero-order valence-electron chi connectivity index (χ0n) is 18.0. The quantitative estimate of drug-likeness (QED) is 0.535. The number of aromatic nitrogens is 1. The van der Waals surface area contributed by atoms with Crippen molar-refractivity contribution >= 4 is 57.5 Å². The number of thioether (sulfide) groups is 1. The van der Waals surface area contributed by atoms with Gasteiger partial charge in [-0.05, 0) is 61.0 Å². The molecule has 2 N–H and O–H groups in total. The average Bonchev–Trinajstić information content (AvgIpc) is 3.22. The first kappa shape index (κ1) is 22.3. The van der Waals surface area contributed by atoms with Crippen LogP contribution in [-0.2, 0) is 20.9 Å². The van der Waals surface area contributed by atoms with Gasteiger partial charge in [-0.1, -0.05) is 24.3 Å². The number of nitrogens with zero attached hydrogens (tertiary/aromatic N) is 2. The monoisotopic (exact) mass is 463 g/mol. The van der Waals surface area contributed by atoms with E-state index in [4.69, 9.17) is 5.11 Å². The van der Waals surface area contributed by atoms with E-state index in [0.717, 1.165) is 33.2 Å². The lowest BCUT2D eigenvalue weighted by molar-refractivity contribution is -0.137. The predicted octanol–water partition coefficient (Wildman–Crippen LogP) is 4.02. The van der Waals surface area contributed by atoms with Crippen LogP contribution in [0.1, 0.15) is 16.7 Å². The van der Waals surface area contributed by atoms with Crippen molar-refractivity contribution in [2.75, 3.05) is 11.9 Å². The summed E-state index contributed by atoms with van der Waals surface area (Å²) in [6.07, 6.45) is 3.20. The Morgan fingerprint density at radius 2 is 1.82 bits per heavy atom. The number of carboxylic acid groups (broad SMARTS) is 1. The predicted molar refractivity (Wildman–Crippen MR) is 127 cm³/mol. The lowest BCUT2D eigenvalue weighted by atomic mass is 10.1. The fourth-order valence-electron chi connectivity index (χ4n) is 3.61. The Balaban J connectivity index is 1.54. The van der Waals surface area contributed by atoms with Crippen LogP contribution < -0.4 is 5.32 Å². The molecule has 1 aliphatic heterocycles. The lowest BCUT2D eigenvalue weighted by Crippen LogP contribution is -2.36. The highest BCUT2D eigenvalue weighted by atomic mass is 32.2. The highest BCUT2D eigenvalue weighted by molar-refractivity contribution is 8.18. The van der Waals surface area contributed by atoms with Gasteiger partial charge in [0.15, 0.2) is 0 Å². The molecule has 0 aliphatic carbocycles. The van der Waals surface area contributed by atoms with Gasteiger partial charge in [0.25, 0.3) is 11.1 Å². The van der Waals surface area contributed by atoms with Gasteiger partial charge >= 0.3 is 5.97 Å². The third-order valence-electron chi connectivity index (χ3n) is 5.38. The van der Waals surface area contributed by atoms with Crippen molar-refractivity contribution in [3.05, 3.63) is 70.3 Å². The van der Waals surface area contributed by atoms with Crippen LogP contribution >= 0.6 is 11.8 Å². The van der Waals surface area contributed by atoms with Crippen LogP contribution in [0, 0.1) is 13.8 Å². The van der Waals surface area contributed by atoms with Gasteiger partial charge < -0.3 is 15.0 Å². The molecule has 8 nitrogen and oxygen atoms in total. The van der Waals surface area contributed by atoms with Gasteiger partial charge in [-0.25, -0.2) is 0 Å². The molecule has 0 bridgehead atoms. The first-order valence-electron chi connectivity index (χ1n) is 10.1. The van der Waals surface area contributed by atoms with E-state index in [0.29, 0.717) is 16.8 Å². The van der Waals surface area contributed by atoms with Gasteiger partial charge in [0.05, 0.1) is 4.91 Å². The number of aryl methyl sites for hydroxylation is 2. The number of amides is 3. The van der Waals surface area contributed by atoms with Crippen molar-refractivity contribution in [3.8, 4) is 0 Å². The summed E-state index contributed by atoms with van der Waals surface area (Å²) in [5, 5.41) is 12.1. The van der Waals surface area contributed by atoms with Gasteiger partial charge in [0.1, 0.15) is 13.1 Å². The van der Waals surface area contributed by atoms with Crippen molar-refractivity contribution < 1.29 is 24.3 Å². The van der Waals surface area contributed by atoms with E-state index in [2.05, 4.69) is 5.32 Å². The molecule has 4 rings (SSSR count). The molecule has 1 aromatic heterocycles. The molecule has 3 aromatic rings. The highest BCUT2D eigenvalue weighted by Gasteiger charge is 2.36. The zero-order chi connectivity index (χ0) is 23.7. The molecule has 0 radical (unpaired) electrons. The number of hydrogen-bond donors (Lipinski definition) is 2. The van der Waals surface area contributed by atoms with Crippen LogP contribution in [0.25, 0.3) is 17.0 Å². The summed E-state index contributed by atoms with van der Waals surface area (Å²) in [7, 11) is 0. The number of anilines is 1. The van der Waals surface area contributed by atoms with Crippen molar-refractivity contribution in [1.29, 1.82) is 0 Å². The van der Waals surface area contributed by atoms with Crippen molar-refractivity contribution in [3.63, 3.8) is 0 Å². The summed E-state index contributed by atoms with van der Waals surface area (Å²) < 4.78 is 1.57. The van der Waals surface area contributed by atoms with Gasteiger partial charge in [0.2, 0.25) is 5.91 Å². The molecule has 3 amide bonds. The summed E-state index contributed by atoms with van der Waals surface area (Å²) in [5.74, 6) is -2.02. The molecular weight excluding hydrogens is 442 g/mol. The summed E-state index contributed by atoms with van der Waals surface area (Å²) in [4.78, 5) is 50.0. The molecule has 1 aliphatic rings. The first-order valence-corrected chi connectivity index (χ1v) is 11.0. The van der Waals surface area contributed by atoms with Gasteiger partial charge in [-0.3, -0.25) is 24.1 Å². The van der Waals surface area contributed by atoms with Crippen LogP contribution in [-0.4, -0.2) is 44.1 Å². The Morgan fingerprint density at radius 1 is 1.06 bits per heavy atom. The molecule has 1 saturated heterocycles. The van der Waals surface area contributed by atoms with E-state index >= 15 is 0 Å². The minimum atomic E-state index is -0.989. The zero-order valence-corrected chi connectivity index (χ0v) is 18.8. The number of rotatable bonds is 6. The first-order chi connectivity index (χ1) is 15.7. The SMILES string of the molecule is Cc1ccc(NC(=O)CN2C(=O)S/C(=C/c3cn(CC(=O)O)c4ccccc34)C2=O)cc1C.